The lowest BCUT2D eigenvalue weighted by molar-refractivity contribution is -0.133. The van der Waals surface area contributed by atoms with Crippen molar-refractivity contribution in [3.63, 3.8) is 0 Å². The Morgan fingerprint density at radius 3 is 1.75 bits per heavy atom. The average molecular weight is 226 g/mol. The molecule has 1 N–H and O–H groups in total. The summed E-state index contributed by atoms with van der Waals surface area (Å²) in [5.74, 6) is -0.787. The van der Waals surface area contributed by atoms with E-state index >= 15 is 0 Å². The van der Waals surface area contributed by atoms with Crippen molar-refractivity contribution in [3.05, 3.63) is 13.3 Å². The second-order valence-corrected chi connectivity index (χ2v) is 4.37. The van der Waals surface area contributed by atoms with E-state index in [9.17, 15) is 4.79 Å². The minimum absolute atomic E-state index is 0.721. The van der Waals surface area contributed by atoms with Crippen molar-refractivity contribution >= 4 is 5.97 Å². The van der Waals surface area contributed by atoms with E-state index in [4.69, 9.17) is 5.11 Å². The molecule has 94 valence electrons. The molecule has 0 heterocycles. The van der Waals surface area contributed by atoms with Crippen molar-refractivity contribution in [1.29, 1.82) is 0 Å². The Balaban J connectivity index is 2.90. The van der Waals surface area contributed by atoms with Crippen LogP contribution < -0.4 is 0 Å². The van der Waals surface area contributed by atoms with Gasteiger partial charge in [0.2, 0.25) is 0 Å². The van der Waals surface area contributed by atoms with Crippen LogP contribution in [0, 0.1) is 13.3 Å². The maximum Gasteiger partial charge on any atom is 0.307 e. The predicted molar refractivity (Wildman–Crippen MR) is 68.1 cm³/mol. The molecule has 0 aromatic carbocycles. The largest absolute Gasteiger partial charge is 0.481 e. The lowest BCUT2D eigenvalue weighted by Crippen LogP contribution is -1.94. The Hall–Kier alpha value is -0.530. The van der Waals surface area contributed by atoms with Crippen LogP contribution in [-0.2, 0) is 4.79 Å². The molecule has 0 saturated carbocycles. The summed E-state index contributed by atoms with van der Waals surface area (Å²) >= 11 is 0. The first-order valence-corrected chi connectivity index (χ1v) is 6.62. The molecular weight excluding hydrogens is 200 g/mol. The van der Waals surface area contributed by atoms with Gasteiger partial charge in [0.1, 0.15) is 0 Å². The molecule has 0 atom stereocenters. The number of hydrogen-bond acceptors (Lipinski definition) is 1. The molecule has 0 saturated heterocycles. The summed E-state index contributed by atoms with van der Waals surface area (Å²) in [6.07, 6.45) is 14.5. The minimum atomic E-state index is -0.787. The highest BCUT2D eigenvalue weighted by atomic mass is 16.4. The highest BCUT2D eigenvalue weighted by Gasteiger charge is 1.97. The summed E-state index contributed by atoms with van der Waals surface area (Å²) in [6.45, 7) is 3.83. The van der Waals surface area contributed by atoms with Crippen LogP contribution in [0.3, 0.4) is 0 Å². The van der Waals surface area contributed by atoms with Crippen LogP contribution in [0.4, 0.5) is 0 Å². The molecule has 0 unspecified atom stereocenters. The van der Waals surface area contributed by atoms with E-state index in [1.54, 1.807) is 0 Å². The van der Waals surface area contributed by atoms with Crippen molar-refractivity contribution in [2.75, 3.05) is 0 Å². The van der Waals surface area contributed by atoms with Crippen LogP contribution in [0.25, 0.3) is 0 Å². The number of aliphatic carboxylic acids is 1. The van der Waals surface area contributed by atoms with E-state index in [0.29, 0.717) is 0 Å². The van der Waals surface area contributed by atoms with Gasteiger partial charge in [0.05, 0.1) is 6.42 Å². The van der Waals surface area contributed by atoms with Crippen LogP contribution >= 0.6 is 0 Å². The number of rotatable bonds is 12. The molecule has 2 nitrogen and oxygen atoms in total. The molecule has 0 aromatic rings. The third-order valence-electron chi connectivity index (χ3n) is 2.77. The molecule has 0 aliphatic carbocycles. The zero-order valence-corrected chi connectivity index (χ0v) is 10.4. The van der Waals surface area contributed by atoms with Gasteiger partial charge in [0.25, 0.3) is 0 Å². The maximum absolute atomic E-state index is 10.2. The summed E-state index contributed by atoms with van der Waals surface area (Å²) in [6, 6.07) is 0. The zero-order chi connectivity index (χ0) is 12.1. The number of carboxylic acids is 1. The molecule has 0 aromatic heterocycles. The summed E-state index contributed by atoms with van der Waals surface area (Å²) in [5, 5.41) is 8.40. The zero-order valence-electron chi connectivity index (χ0n) is 10.4. The van der Waals surface area contributed by atoms with Crippen LogP contribution in [0.2, 0.25) is 0 Å². The fourth-order valence-electron chi connectivity index (χ4n) is 1.78. The van der Waals surface area contributed by atoms with Gasteiger partial charge in [-0.1, -0.05) is 71.1 Å². The van der Waals surface area contributed by atoms with Gasteiger partial charge < -0.3 is 5.11 Å². The lowest BCUT2D eigenvalue weighted by atomic mass is 10.1. The third kappa shape index (κ3) is 13.5. The van der Waals surface area contributed by atoms with Crippen LogP contribution in [0.1, 0.15) is 70.6 Å². The van der Waals surface area contributed by atoms with Gasteiger partial charge in [-0.3, -0.25) is 4.79 Å². The number of hydrogen-bond donors (Lipinski definition) is 1. The van der Waals surface area contributed by atoms with Crippen LogP contribution in [-0.4, -0.2) is 11.1 Å². The number of carbonyl (C=O) groups is 1. The molecule has 2 heteroatoms. The first-order valence-electron chi connectivity index (χ1n) is 6.62. The minimum Gasteiger partial charge on any atom is -0.481 e. The summed E-state index contributed by atoms with van der Waals surface area (Å²) < 4.78 is 0. The van der Waals surface area contributed by atoms with Gasteiger partial charge in [0.15, 0.2) is 0 Å². The second-order valence-electron chi connectivity index (χ2n) is 4.37. The van der Waals surface area contributed by atoms with E-state index < -0.39 is 5.97 Å². The molecule has 0 bridgehead atoms. The number of unbranched alkanes of at least 4 members (excludes halogenated alkanes) is 10. The average Bonchev–Trinajstić information content (AvgIpc) is 2.25. The van der Waals surface area contributed by atoms with Gasteiger partial charge in [-0.05, 0) is 6.42 Å². The standard InChI is InChI=1S/C14H26O2/c1-2-3-4-5-6-7-8-9-10-11-12-13-14(15)16/h13H,1-12H2,(H,15,16). The fraction of sp³-hybridized carbons (Fsp3) is 0.786. The van der Waals surface area contributed by atoms with E-state index in [-0.39, 0.29) is 0 Å². The molecule has 0 aliphatic heterocycles. The van der Waals surface area contributed by atoms with Crippen molar-refractivity contribution in [2.24, 2.45) is 0 Å². The van der Waals surface area contributed by atoms with Gasteiger partial charge in [0, 0.05) is 0 Å². The quantitative estimate of drug-likeness (QED) is 0.501. The predicted octanol–water partition coefficient (Wildman–Crippen LogP) is 4.40. The van der Waals surface area contributed by atoms with Crippen LogP contribution in [0.5, 0.6) is 0 Å². The smallest absolute Gasteiger partial charge is 0.307 e. The number of carboxylic acid groups (broad SMARTS) is 1. The Labute approximate surface area is 100 Å². The molecule has 2 radical (unpaired) electrons. The highest BCUT2D eigenvalue weighted by molar-refractivity contribution is 5.76. The molecular formula is C14H26O2. The van der Waals surface area contributed by atoms with E-state index in [0.717, 1.165) is 19.3 Å². The monoisotopic (exact) mass is 226 g/mol. The SMILES string of the molecule is [CH2]CCCCCCCCCCC[CH]C(=O)O. The van der Waals surface area contributed by atoms with Gasteiger partial charge >= 0.3 is 5.97 Å². The van der Waals surface area contributed by atoms with E-state index in [1.807, 2.05) is 0 Å². The highest BCUT2D eigenvalue weighted by Crippen LogP contribution is 2.11. The molecule has 0 spiro atoms. The van der Waals surface area contributed by atoms with E-state index in [2.05, 4.69) is 6.92 Å². The van der Waals surface area contributed by atoms with Gasteiger partial charge in [-0.15, -0.1) is 0 Å². The molecule has 0 amide bonds. The third-order valence-corrected chi connectivity index (χ3v) is 2.77. The Bertz CT molecular complexity index is 155. The van der Waals surface area contributed by atoms with Gasteiger partial charge in [-0.25, -0.2) is 0 Å². The van der Waals surface area contributed by atoms with Crippen molar-refractivity contribution < 1.29 is 9.90 Å². The summed E-state index contributed by atoms with van der Waals surface area (Å²) in [5.41, 5.74) is 0. The summed E-state index contributed by atoms with van der Waals surface area (Å²) in [4.78, 5) is 10.2. The lowest BCUT2D eigenvalue weighted by Gasteiger charge is -2.01. The first kappa shape index (κ1) is 15.5. The van der Waals surface area contributed by atoms with Gasteiger partial charge in [-0.2, -0.15) is 0 Å². The Kier molecular flexibility index (Phi) is 12.1. The fourth-order valence-corrected chi connectivity index (χ4v) is 1.78. The summed E-state index contributed by atoms with van der Waals surface area (Å²) in [7, 11) is 0. The topological polar surface area (TPSA) is 37.3 Å². The van der Waals surface area contributed by atoms with Crippen LogP contribution in [0.15, 0.2) is 0 Å². The Morgan fingerprint density at radius 2 is 1.31 bits per heavy atom. The molecule has 0 aliphatic rings. The Morgan fingerprint density at radius 1 is 0.875 bits per heavy atom. The normalized spacial score (nSPS) is 10.6. The first-order chi connectivity index (χ1) is 7.77. The second kappa shape index (κ2) is 12.5. The van der Waals surface area contributed by atoms with Crippen molar-refractivity contribution in [3.8, 4) is 0 Å². The van der Waals surface area contributed by atoms with E-state index in [1.165, 1.54) is 57.8 Å². The molecule has 16 heavy (non-hydrogen) atoms. The van der Waals surface area contributed by atoms with Crippen molar-refractivity contribution in [2.45, 2.75) is 70.6 Å². The van der Waals surface area contributed by atoms with Crippen molar-refractivity contribution in [1.82, 2.24) is 0 Å². The molecule has 0 fully saturated rings. The maximum atomic E-state index is 10.2. The molecule has 0 rings (SSSR count).